The highest BCUT2D eigenvalue weighted by Gasteiger charge is 2.29. The highest BCUT2D eigenvalue weighted by Crippen LogP contribution is 2.21. The number of hydrogen-bond acceptors (Lipinski definition) is 7. The first-order chi connectivity index (χ1) is 16.3. The fourth-order valence-corrected chi connectivity index (χ4v) is 5.60. The molecule has 0 amide bonds. The molecule has 12 heteroatoms. The van der Waals surface area contributed by atoms with Crippen molar-refractivity contribution in [3.63, 3.8) is 0 Å². The van der Waals surface area contributed by atoms with Gasteiger partial charge in [-0.1, -0.05) is 13.3 Å². The molecule has 2 aromatic heterocycles. The lowest BCUT2D eigenvalue weighted by molar-refractivity contribution is 0.177. The summed E-state index contributed by atoms with van der Waals surface area (Å²) in [5.74, 6) is 1.26. The fraction of sp³-hybridized carbons (Fsp3) is 0.500. The molecule has 1 fully saturated rings. The molecule has 4 rings (SSSR count). The maximum absolute atomic E-state index is 13.0. The van der Waals surface area contributed by atoms with E-state index in [2.05, 4.69) is 14.9 Å². The Kier molecular flexibility index (Phi) is 6.91. The van der Waals surface area contributed by atoms with Crippen LogP contribution in [0.5, 0.6) is 5.75 Å². The smallest absolute Gasteiger partial charge is 0.330 e. The lowest BCUT2D eigenvalue weighted by atomic mass is 10.3. The molecule has 3 heterocycles. The zero-order valence-electron chi connectivity index (χ0n) is 19.7. The van der Waals surface area contributed by atoms with Crippen LogP contribution in [0.15, 0.2) is 38.8 Å². The van der Waals surface area contributed by atoms with Crippen molar-refractivity contribution in [2.45, 2.75) is 37.8 Å². The van der Waals surface area contributed by atoms with Gasteiger partial charge in [0.05, 0.1) is 18.6 Å². The van der Waals surface area contributed by atoms with E-state index in [1.807, 2.05) is 6.92 Å². The van der Waals surface area contributed by atoms with E-state index in [0.717, 1.165) is 12.8 Å². The van der Waals surface area contributed by atoms with Gasteiger partial charge < -0.3 is 9.30 Å². The first-order valence-electron chi connectivity index (χ1n) is 11.3. The van der Waals surface area contributed by atoms with Crippen molar-refractivity contribution in [1.29, 1.82) is 0 Å². The zero-order valence-corrected chi connectivity index (χ0v) is 20.5. The number of nitrogens with one attached hydrogen (secondary N) is 1. The topological polar surface area (TPSA) is 123 Å². The average molecular weight is 491 g/mol. The second-order valence-electron chi connectivity index (χ2n) is 8.38. The Labute approximate surface area is 197 Å². The predicted octanol–water partition coefficient (Wildman–Crippen LogP) is 0.739. The number of unbranched alkanes of at least 4 members (excludes halogenated alkanes) is 1. The minimum absolute atomic E-state index is 0.237. The second kappa shape index (κ2) is 9.72. The summed E-state index contributed by atoms with van der Waals surface area (Å²) in [6.07, 6.45) is 1.72. The van der Waals surface area contributed by atoms with E-state index in [9.17, 15) is 18.0 Å². The predicted molar refractivity (Wildman–Crippen MR) is 128 cm³/mol. The standard InChI is InChI=1S/C22H30N6O5S/c1-4-5-10-28-20-19(21(29)24-22(28)30)25(2)18(23-20)15-26-11-13-27(14-12-26)34(31,32)17-8-6-16(33-3)7-9-17/h6-9H,4-5,10-15H2,1-3H3,(H,24,29,30). The van der Waals surface area contributed by atoms with E-state index in [1.165, 1.54) is 16.0 Å². The summed E-state index contributed by atoms with van der Waals surface area (Å²) in [7, 11) is -0.292. The number of sulfonamides is 1. The first-order valence-corrected chi connectivity index (χ1v) is 12.7. The molecule has 11 nitrogen and oxygen atoms in total. The minimum atomic E-state index is -3.59. The van der Waals surface area contributed by atoms with Gasteiger partial charge in [0.15, 0.2) is 11.2 Å². The molecule has 1 aromatic carbocycles. The maximum Gasteiger partial charge on any atom is 0.330 e. The lowest BCUT2D eigenvalue weighted by Crippen LogP contribution is -2.48. The second-order valence-corrected chi connectivity index (χ2v) is 10.3. The highest BCUT2D eigenvalue weighted by atomic mass is 32.2. The number of rotatable bonds is 8. The lowest BCUT2D eigenvalue weighted by Gasteiger charge is -2.33. The highest BCUT2D eigenvalue weighted by molar-refractivity contribution is 7.89. The van der Waals surface area contributed by atoms with Crippen LogP contribution in [0, 0.1) is 0 Å². The third kappa shape index (κ3) is 4.52. The van der Waals surface area contributed by atoms with E-state index in [-0.39, 0.29) is 4.90 Å². The first kappa shape index (κ1) is 24.2. The van der Waals surface area contributed by atoms with Crippen molar-refractivity contribution in [2.75, 3.05) is 33.3 Å². The number of aryl methyl sites for hydroxylation is 2. The van der Waals surface area contributed by atoms with Gasteiger partial charge in [-0.25, -0.2) is 18.2 Å². The number of aromatic amines is 1. The number of imidazole rings is 1. The molecular formula is C22H30N6O5S. The summed E-state index contributed by atoms with van der Waals surface area (Å²) in [4.78, 5) is 34.1. The molecule has 1 N–H and O–H groups in total. The van der Waals surface area contributed by atoms with Crippen LogP contribution in [0.3, 0.4) is 0 Å². The van der Waals surface area contributed by atoms with Crippen LogP contribution in [0.25, 0.3) is 11.2 Å². The van der Waals surface area contributed by atoms with Gasteiger partial charge in [-0.15, -0.1) is 0 Å². The van der Waals surface area contributed by atoms with Crippen LogP contribution in [0.1, 0.15) is 25.6 Å². The molecule has 0 atom stereocenters. The number of H-pyrrole nitrogens is 1. The number of hydrogen-bond donors (Lipinski definition) is 1. The molecule has 1 aliphatic rings. The number of ether oxygens (including phenoxy) is 1. The number of benzene rings is 1. The third-order valence-corrected chi connectivity index (χ3v) is 8.15. The van der Waals surface area contributed by atoms with Crippen molar-refractivity contribution in [2.24, 2.45) is 7.05 Å². The molecule has 0 spiro atoms. The quantitative estimate of drug-likeness (QED) is 0.494. The Bertz CT molecular complexity index is 1380. The van der Waals surface area contributed by atoms with E-state index < -0.39 is 21.3 Å². The molecule has 0 radical (unpaired) electrons. The Morgan fingerprint density at radius 2 is 1.76 bits per heavy atom. The van der Waals surface area contributed by atoms with E-state index in [4.69, 9.17) is 4.74 Å². The fourth-order valence-electron chi connectivity index (χ4n) is 4.18. The van der Waals surface area contributed by atoms with Crippen LogP contribution >= 0.6 is 0 Å². The van der Waals surface area contributed by atoms with Crippen molar-refractivity contribution >= 4 is 21.2 Å². The summed E-state index contributed by atoms with van der Waals surface area (Å²) in [5, 5.41) is 0. The van der Waals surface area contributed by atoms with Gasteiger partial charge in [-0.3, -0.25) is 19.2 Å². The van der Waals surface area contributed by atoms with E-state index >= 15 is 0 Å². The molecule has 184 valence electrons. The van der Waals surface area contributed by atoms with Gasteiger partial charge in [0.2, 0.25) is 10.0 Å². The summed E-state index contributed by atoms with van der Waals surface area (Å²) in [6.45, 7) is 4.71. The largest absolute Gasteiger partial charge is 0.497 e. The molecule has 34 heavy (non-hydrogen) atoms. The Hall–Kier alpha value is -2.96. The summed E-state index contributed by atoms with van der Waals surface area (Å²) in [6, 6.07) is 6.37. The minimum Gasteiger partial charge on any atom is -0.497 e. The summed E-state index contributed by atoms with van der Waals surface area (Å²) < 4.78 is 35.8. The molecule has 0 aliphatic carbocycles. The molecule has 1 aliphatic heterocycles. The van der Waals surface area contributed by atoms with Crippen LogP contribution in [0.2, 0.25) is 0 Å². The maximum atomic E-state index is 13.0. The van der Waals surface area contributed by atoms with Gasteiger partial charge in [0, 0.05) is 39.8 Å². The van der Waals surface area contributed by atoms with Crippen LogP contribution in [0.4, 0.5) is 0 Å². The summed E-state index contributed by atoms with van der Waals surface area (Å²) >= 11 is 0. The number of aromatic nitrogens is 4. The van der Waals surface area contributed by atoms with Gasteiger partial charge >= 0.3 is 5.69 Å². The number of fused-ring (bicyclic) bond motifs is 1. The molecule has 0 bridgehead atoms. The Balaban J connectivity index is 1.50. The van der Waals surface area contributed by atoms with Gasteiger partial charge in [0.1, 0.15) is 11.6 Å². The number of methoxy groups -OCH3 is 1. The summed E-state index contributed by atoms with van der Waals surface area (Å²) in [5.41, 5.74) is -0.149. The monoisotopic (exact) mass is 490 g/mol. The Morgan fingerprint density at radius 3 is 2.38 bits per heavy atom. The van der Waals surface area contributed by atoms with Crippen LogP contribution in [-0.4, -0.2) is 70.0 Å². The van der Waals surface area contributed by atoms with Crippen molar-refractivity contribution in [3.8, 4) is 5.75 Å². The third-order valence-electron chi connectivity index (χ3n) is 6.23. The molecular weight excluding hydrogens is 460 g/mol. The van der Waals surface area contributed by atoms with Gasteiger partial charge in [-0.05, 0) is 30.7 Å². The van der Waals surface area contributed by atoms with E-state index in [0.29, 0.717) is 62.0 Å². The van der Waals surface area contributed by atoms with Crippen molar-refractivity contribution < 1.29 is 13.2 Å². The average Bonchev–Trinajstić information content (AvgIpc) is 3.15. The van der Waals surface area contributed by atoms with Crippen LogP contribution in [-0.2, 0) is 30.2 Å². The van der Waals surface area contributed by atoms with Gasteiger partial charge in [-0.2, -0.15) is 4.31 Å². The SMILES string of the molecule is CCCCn1c(=O)[nH]c(=O)c2c1nc(CN1CCN(S(=O)(=O)c3ccc(OC)cc3)CC1)n2C. The Morgan fingerprint density at radius 1 is 1.09 bits per heavy atom. The number of piperazine rings is 1. The molecule has 1 saturated heterocycles. The van der Waals surface area contributed by atoms with Crippen LogP contribution < -0.4 is 16.0 Å². The molecule has 3 aromatic rings. The zero-order chi connectivity index (χ0) is 24.5. The van der Waals surface area contributed by atoms with Crippen molar-refractivity contribution in [3.05, 3.63) is 50.9 Å². The van der Waals surface area contributed by atoms with E-state index in [1.54, 1.807) is 35.9 Å². The normalized spacial score (nSPS) is 15.7. The van der Waals surface area contributed by atoms with Gasteiger partial charge in [0.25, 0.3) is 5.56 Å². The van der Waals surface area contributed by atoms with Crippen molar-refractivity contribution in [1.82, 2.24) is 28.3 Å². The molecule has 0 saturated carbocycles. The number of nitrogens with zero attached hydrogens (tertiary/aromatic N) is 5. The molecule has 0 unspecified atom stereocenters.